The fourth-order valence-electron chi connectivity index (χ4n) is 3.71. The predicted molar refractivity (Wildman–Crippen MR) is 82.5 cm³/mol. The SMILES string of the molecule is Cn1cccc(C(=O)N2C3CCC2CC(S(C)(=O)=O)C3)c1=O. The van der Waals surface area contributed by atoms with Crippen LogP contribution in [0.3, 0.4) is 0 Å². The molecule has 1 aromatic rings. The highest BCUT2D eigenvalue weighted by Crippen LogP contribution is 2.38. The summed E-state index contributed by atoms with van der Waals surface area (Å²) in [5.41, 5.74) is -0.142. The third kappa shape index (κ3) is 2.47. The number of pyridine rings is 1. The molecule has 2 atom stereocenters. The number of carbonyl (C=O) groups is 1. The maximum Gasteiger partial charge on any atom is 0.263 e. The molecule has 120 valence electrons. The number of carbonyl (C=O) groups excluding carboxylic acids is 1. The van der Waals surface area contributed by atoms with Crippen molar-refractivity contribution < 1.29 is 13.2 Å². The summed E-state index contributed by atoms with van der Waals surface area (Å²) in [6.07, 6.45) is 5.47. The highest BCUT2D eigenvalue weighted by molar-refractivity contribution is 7.91. The second kappa shape index (κ2) is 5.22. The molecule has 0 saturated carbocycles. The number of rotatable bonds is 2. The standard InChI is InChI=1S/C15H20N2O4S/c1-16-7-3-4-13(14(16)18)15(19)17-10-5-6-11(17)9-12(8-10)22(2,20)21/h3-4,7,10-12H,5-6,8-9H2,1-2H3. The number of piperidine rings is 1. The topological polar surface area (TPSA) is 76.5 Å². The van der Waals surface area contributed by atoms with Gasteiger partial charge in [-0.1, -0.05) is 0 Å². The zero-order chi connectivity index (χ0) is 16.1. The highest BCUT2D eigenvalue weighted by atomic mass is 32.2. The van der Waals surface area contributed by atoms with E-state index in [1.54, 1.807) is 30.3 Å². The molecule has 0 spiro atoms. The van der Waals surface area contributed by atoms with E-state index in [0.717, 1.165) is 12.8 Å². The summed E-state index contributed by atoms with van der Waals surface area (Å²) >= 11 is 0. The average molecular weight is 324 g/mol. The Morgan fingerprint density at radius 3 is 2.36 bits per heavy atom. The van der Waals surface area contributed by atoms with Gasteiger partial charge in [0.15, 0.2) is 0 Å². The van der Waals surface area contributed by atoms with Crippen molar-refractivity contribution in [2.75, 3.05) is 6.26 Å². The van der Waals surface area contributed by atoms with Gasteiger partial charge in [-0.25, -0.2) is 8.42 Å². The molecule has 6 nitrogen and oxygen atoms in total. The molecular weight excluding hydrogens is 304 g/mol. The highest BCUT2D eigenvalue weighted by Gasteiger charge is 2.46. The average Bonchev–Trinajstić information content (AvgIpc) is 2.70. The molecule has 2 fully saturated rings. The van der Waals surface area contributed by atoms with Crippen molar-refractivity contribution in [1.82, 2.24) is 9.47 Å². The second-order valence-electron chi connectivity index (χ2n) is 6.36. The smallest absolute Gasteiger partial charge is 0.263 e. The van der Waals surface area contributed by atoms with Gasteiger partial charge in [-0.15, -0.1) is 0 Å². The van der Waals surface area contributed by atoms with Crippen molar-refractivity contribution in [3.05, 3.63) is 34.2 Å². The molecular formula is C15H20N2O4S. The van der Waals surface area contributed by atoms with Crippen LogP contribution in [0.25, 0.3) is 0 Å². The van der Waals surface area contributed by atoms with Crippen molar-refractivity contribution >= 4 is 15.7 Å². The maximum atomic E-state index is 12.8. The maximum absolute atomic E-state index is 12.8. The Morgan fingerprint density at radius 1 is 1.23 bits per heavy atom. The van der Waals surface area contributed by atoms with Crippen molar-refractivity contribution in [3.8, 4) is 0 Å². The van der Waals surface area contributed by atoms with E-state index >= 15 is 0 Å². The molecule has 2 aliphatic heterocycles. The largest absolute Gasteiger partial charge is 0.332 e. The second-order valence-corrected chi connectivity index (χ2v) is 8.68. The molecule has 0 radical (unpaired) electrons. The van der Waals surface area contributed by atoms with E-state index in [1.807, 2.05) is 0 Å². The first-order chi connectivity index (χ1) is 10.3. The van der Waals surface area contributed by atoms with Crippen molar-refractivity contribution in [3.63, 3.8) is 0 Å². The van der Waals surface area contributed by atoms with E-state index in [2.05, 4.69) is 0 Å². The minimum absolute atomic E-state index is 0.0733. The Labute approximate surface area is 129 Å². The molecule has 2 saturated heterocycles. The number of fused-ring (bicyclic) bond motifs is 2. The fourth-order valence-corrected chi connectivity index (χ4v) is 4.85. The number of aromatic nitrogens is 1. The summed E-state index contributed by atoms with van der Waals surface area (Å²) in [5, 5.41) is -0.368. The number of hydrogen-bond donors (Lipinski definition) is 0. The molecule has 1 amide bonds. The van der Waals surface area contributed by atoms with Gasteiger partial charge in [0.1, 0.15) is 15.4 Å². The van der Waals surface area contributed by atoms with Gasteiger partial charge in [-0.2, -0.15) is 0 Å². The summed E-state index contributed by atoms with van der Waals surface area (Å²) in [4.78, 5) is 26.6. The Morgan fingerprint density at radius 2 is 1.82 bits per heavy atom. The third-order valence-corrected chi connectivity index (χ3v) is 6.48. The lowest BCUT2D eigenvalue weighted by Gasteiger charge is -2.38. The Balaban J connectivity index is 1.90. The van der Waals surface area contributed by atoms with Crippen LogP contribution in [-0.2, 0) is 16.9 Å². The van der Waals surface area contributed by atoms with Crippen LogP contribution in [0.15, 0.2) is 23.1 Å². The van der Waals surface area contributed by atoms with Gasteiger partial charge in [0.2, 0.25) is 0 Å². The van der Waals surface area contributed by atoms with Gasteiger partial charge in [0, 0.05) is 31.6 Å². The van der Waals surface area contributed by atoms with Crippen LogP contribution < -0.4 is 5.56 Å². The molecule has 0 aliphatic carbocycles. The lowest BCUT2D eigenvalue weighted by molar-refractivity contribution is 0.0596. The van der Waals surface area contributed by atoms with Crippen molar-refractivity contribution in [2.24, 2.45) is 7.05 Å². The number of sulfone groups is 1. The fraction of sp³-hybridized carbons (Fsp3) is 0.600. The van der Waals surface area contributed by atoms with E-state index in [1.165, 1.54) is 10.8 Å². The van der Waals surface area contributed by atoms with Gasteiger partial charge in [0.05, 0.1) is 5.25 Å². The van der Waals surface area contributed by atoms with Crippen LogP contribution in [0.1, 0.15) is 36.0 Å². The molecule has 3 rings (SSSR count). The van der Waals surface area contributed by atoms with Crippen LogP contribution in [0.4, 0.5) is 0 Å². The molecule has 2 bridgehead atoms. The van der Waals surface area contributed by atoms with E-state index in [0.29, 0.717) is 12.8 Å². The molecule has 3 heterocycles. The summed E-state index contributed by atoms with van der Waals surface area (Å²) in [5.74, 6) is -0.263. The van der Waals surface area contributed by atoms with Crippen LogP contribution in [0.2, 0.25) is 0 Å². The number of amides is 1. The predicted octanol–water partition coefficient (Wildman–Crippen LogP) is 0.565. The van der Waals surface area contributed by atoms with E-state index in [4.69, 9.17) is 0 Å². The first kappa shape index (κ1) is 15.3. The number of aryl methyl sites for hydroxylation is 1. The van der Waals surface area contributed by atoms with Crippen LogP contribution in [0.5, 0.6) is 0 Å². The Bertz CT molecular complexity index is 754. The van der Waals surface area contributed by atoms with E-state index < -0.39 is 9.84 Å². The molecule has 22 heavy (non-hydrogen) atoms. The molecule has 1 aromatic heterocycles. The Hall–Kier alpha value is -1.63. The zero-order valence-electron chi connectivity index (χ0n) is 12.7. The molecule has 0 aromatic carbocycles. The Kier molecular flexibility index (Phi) is 3.63. The molecule has 7 heteroatoms. The van der Waals surface area contributed by atoms with Gasteiger partial charge in [0.25, 0.3) is 11.5 Å². The number of nitrogens with zero attached hydrogens (tertiary/aromatic N) is 2. The van der Waals surface area contributed by atoms with Crippen LogP contribution in [0, 0.1) is 0 Å². The van der Waals surface area contributed by atoms with Crippen molar-refractivity contribution in [2.45, 2.75) is 43.0 Å². The minimum atomic E-state index is -3.08. The van der Waals surface area contributed by atoms with Crippen LogP contribution in [-0.4, -0.2) is 47.4 Å². The quantitative estimate of drug-likeness (QED) is 0.797. The summed E-state index contributed by atoms with van der Waals surface area (Å²) in [7, 11) is -1.47. The molecule has 0 N–H and O–H groups in total. The summed E-state index contributed by atoms with van der Waals surface area (Å²) < 4.78 is 25.0. The summed E-state index contributed by atoms with van der Waals surface area (Å²) in [6, 6.07) is 3.08. The van der Waals surface area contributed by atoms with Crippen LogP contribution >= 0.6 is 0 Å². The van der Waals surface area contributed by atoms with Gasteiger partial charge in [-0.05, 0) is 37.8 Å². The van der Waals surface area contributed by atoms with Gasteiger partial charge in [-0.3, -0.25) is 9.59 Å². The molecule has 2 unspecified atom stereocenters. The van der Waals surface area contributed by atoms with Gasteiger partial charge < -0.3 is 9.47 Å². The minimum Gasteiger partial charge on any atom is -0.332 e. The van der Waals surface area contributed by atoms with Gasteiger partial charge >= 0.3 is 0 Å². The number of hydrogen-bond acceptors (Lipinski definition) is 4. The normalized spacial score (nSPS) is 27.9. The first-order valence-corrected chi connectivity index (χ1v) is 9.41. The van der Waals surface area contributed by atoms with E-state index in [-0.39, 0.29) is 34.4 Å². The summed E-state index contributed by atoms with van der Waals surface area (Å²) in [6.45, 7) is 0. The lowest BCUT2D eigenvalue weighted by atomic mass is 10.0. The molecule has 2 aliphatic rings. The van der Waals surface area contributed by atoms with E-state index in [9.17, 15) is 18.0 Å². The first-order valence-electron chi connectivity index (χ1n) is 7.46. The van der Waals surface area contributed by atoms with Crippen molar-refractivity contribution in [1.29, 1.82) is 0 Å². The lowest BCUT2D eigenvalue weighted by Crippen LogP contribution is -2.50. The third-order valence-electron chi connectivity index (χ3n) is 4.88. The monoisotopic (exact) mass is 324 g/mol. The zero-order valence-corrected chi connectivity index (χ0v) is 13.5.